The van der Waals surface area contributed by atoms with Gasteiger partial charge < -0.3 is 0 Å². The molecule has 0 unspecified atom stereocenters. The molecule has 0 spiro atoms. The lowest BCUT2D eigenvalue weighted by Crippen LogP contribution is -2.02. The Bertz CT molecular complexity index is 716. The lowest BCUT2D eigenvalue weighted by Gasteiger charge is -2.06. The van der Waals surface area contributed by atoms with Crippen molar-refractivity contribution in [1.82, 2.24) is 19.7 Å². The fourth-order valence-corrected chi connectivity index (χ4v) is 2.14. The van der Waals surface area contributed by atoms with Crippen molar-refractivity contribution in [1.29, 1.82) is 0 Å². The minimum atomic E-state index is 0.614. The second-order valence-corrected chi connectivity index (χ2v) is 4.55. The standard InChI is InChI=1S/C14H12N4S/c19-14-17-16-13(12-6-2-1-3-7-12)18(14)10-11-5-4-8-15-9-11/h1-9H,10H2,(H,17,19). The van der Waals surface area contributed by atoms with Gasteiger partial charge in [-0.25, -0.2) is 0 Å². The van der Waals surface area contributed by atoms with Crippen LogP contribution in [0.5, 0.6) is 0 Å². The maximum atomic E-state index is 5.30. The Balaban J connectivity index is 2.03. The van der Waals surface area contributed by atoms with Crippen molar-refractivity contribution in [3.8, 4) is 11.4 Å². The van der Waals surface area contributed by atoms with E-state index in [0.717, 1.165) is 17.0 Å². The van der Waals surface area contributed by atoms with Crippen LogP contribution in [0, 0.1) is 4.77 Å². The van der Waals surface area contributed by atoms with Crippen molar-refractivity contribution in [3.63, 3.8) is 0 Å². The predicted octanol–water partition coefficient (Wildman–Crippen LogP) is 3.05. The maximum Gasteiger partial charge on any atom is 0.195 e. The molecule has 3 rings (SSSR count). The summed E-state index contributed by atoms with van der Waals surface area (Å²) in [6, 6.07) is 13.9. The van der Waals surface area contributed by atoms with Crippen LogP contribution in [-0.2, 0) is 6.54 Å². The predicted molar refractivity (Wildman–Crippen MR) is 76.2 cm³/mol. The molecular formula is C14H12N4S. The molecule has 0 saturated carbocycles. The Morgan fingerprint density at radius 3 is 2.68 bits per heavy atom. The van der Waals surface area contributed by atoms with Crippen LogP contribution >= 0.6 is 12.2 Å². The van der Waals surface area contributed by atoms with Crippen molar-refractivity contribution in [3.05, 3.63) is 65.2 Å². The van der Waals surface area contributed by atoms with Crippen LogP contribution < -0.4 is 0 Å². The number of aromatic nitrogens is 4. The minimum absolute atomic E-state index is 0.614. The molecule has 3 aromatic rings. The van der Waals surface area contributed by atoms with Crippen molar-refractivity contribution < 1.29 is 0 Å². The van der Waals surface area contributed by atoms with Gasteiger partial charge in [-0.2, -0.15) is 5.10 Å². The molecule has 0 radical (unpaired) electrons. The van der Waals surface area contributed by atoms with Gasteiger partial charge in [-0.05, 0) is 23.8 Å². The molecular weight excluding hydrogens is 256 g/mol. The number of nitrogens with one attached hydrogen (secondary N) is 1. The van der Waals surface area contributed by atoms with Gasteiger partial charge >= 0.3 is 0 Å². The lowest BCUT2D eigenvalue weighted by molar-refractivity contribution is 0.786. The smallest absolute Gasteiger partial charge is 0.195 e. The van der Waals surface area contributed by atoms with E-state index in [9.17, 15) is 0 Å². The molecule has 0 aliphatic heterocycles. The van der Waals surface area contributed by atoms with E-state index in [2.05, 4.69) is 15.2 Å². The fourth-order valence-electron chi connectivity index (χ4n) is 1.95. The van der Waals surface area contributed by atoms with Gasteiger partial charge in [-0.1, -0.05) is 36.4 Å². The van der Waals surface area contributed by atoms with Gasteiger partial charge in [0, 0.05) is 18.0 Å². The van der Waals surface area contributed by atoms with E-state index in [4.69, 9.17) is 12.2 Å². The summed E-state index contributed by atoms with van der Waals surface area (Å²) in [6.45, 7) is 0.660. The zero-order chi connectivity index (χ0) is 13.1. The number of hydrogen-bond acceptors (Lipinski definition) is 3. The zero-order valence-electron chi connectivity index (χ0n) is 10.2. The Kier molecular flexibility index (Phi) is 3.20. The first-order valence-corrected chi connectivity index (χ1v) is 6.35. The normalized spacial score (nSPS) is 10.5. The quantitative estimate of drug-likeness (QED) is 0.743. The molecule has 2 heterocycles. The number of H-pyrrole nitrogens is 1. The molecule has 2 aromatic heterocycles. The van der Waals surface area contributed by atoms with Crippen molar-refractivity contribution in [2.24, 2.45) is 0 Å². The zero-order valence-corrected chi connectivity index (χ0v) is 11.0. The van der Waals surface area contributed by atoms with E-state index in [1.807, 2.05) is 53.2 Å². The number of hydrogen-bond donors (Lipinski definition) is 1. The van der Waals surface area contributed by atoms with Crippen LogP contribution in [0.4, 0.5) is 0 Å². The Morgan fingerprint density at radius 1 is 1.11 bits per heavy atom. The Morgan fingerprint density at radius 2 is 1.95 bits per heavy atom. The van der Waals surface area contributed by atoms with Crippen LogP contribution in [0.25, 0.3) is 11.4 Å². The van der Waals surface area contributed by atoms with Gasteiger partial charge in [0.1, 0.15) is 0 Å². The first-order chi connectivity index (χ1) is 9.34. The minimum Gasteiger partial charge on any atom is -0.296 e. The molecule has 0 aliphatic carbocycles. The molecule has 0 aliphatic rings. The number of pyridine rings is 1. The molecule has 0 bridgehead atoms. The summed E-state index contributed by atoms with van der Waals surface area (Å²) < 4.78 is 2.59. The Hall–Kier alpha value is -2.27. The highest BCUT2D eigenvalue weighted by atomic mass is 32.1. The third kappa shape index (κ3) is 2.46. The summed E-state index contributed by atoms with van der Waals surface area (Å²) in [4.78, 5) is 4.12. The highest BCUT2D eigenvalue weighted by Gasteiger charge is 2.08. The summed E-state index contributed by atoms with van der Waals surface area (Å²) in [5.41, 5.74) is 2.14. The monoisotopic (exact) mass is 268 g/mol. The second-order valence-electron chi connectivity index (χ2n) is 4.17. The molecule has 0 saturated heterocycles. The first-order valence-electron chi connectivity index (χ1n) is 5.94. The largest absolute Gasteiger partial charge is 0.296 e. The van der Waals surface area contributed by atoms with Crippen molar-refractivity contribution in [2.45, 2.75) is 6.54 Å². The third-order valence-corrected chi connectivity index (χ3v) is 3.17. The summed E-state index contributed by atoms with van der Waals surface area (Å²) >= 11 is 5.30. The van der Waals surface area contributed by atoms with E-state index in [0.29, 0.717) is 11.3 Å². The highest BCUT2D eigenvalue weighted by molar-refractivity contribution is 7.71. The summed E-state index contributed by atoms with van der Waals surface area (Å²) in [6.07, 6.45) is 3.60. The molecule has 19 heavy (non-hydrogen) atoms. The van der Waals surface area contributed by atoms with Gasteiger partial charge in [0.15, 0.2) is 10.6 Å². The molecule has 4 nitrogen and oxygen atoms in total. The average molecular weight is 268 g/mol. The van der Waals surface area contributed by atoms with Crippen LogP contribution in [0.15, 0.2) is 54.9 Å². The van der Waals surface area contributed by atoms with Gasteiger partial charge in [0.2, 0.25) is 0 Å². The molecule has 94 valence electrons. The van der Waals surface area contributed by atoms with Gasteiger partial charge in [0.25, 0.3) is 0 Å². The van der Waals surface area contributed by atoms with Crippen LogP contribution in [-0.4, -0.2) is 19.7 Å². The SMILES string of the molecule is S=c1[nH]nc(-c2ccccc2)n1Cc1cccnc1. The highest BCUT2D eigenvalue weighted by Crippen LogP contribution is 2.17. The van der Waals surface area contributed by atoms with E-state index < -0.39 is 0 Å². The average Bonchev–Trinajstić information content (AvgIpc) is 2.82. The van der Waals surface area contributed by atoms with Gasteiger partial charge in [-0.3, -0.25) is 14.6 Å². The Labute approximate surface area is 115 Å². The number of nitrogens with zero attached hydrogens (tertiary/aromatic N) is 3. The molecule has 0 amide bonds. The molecule has 1 aromatic carbocycles. The lowest BCUT2D eigenvalue weighted by atomic mass is 10.2. The van der Waals surface area contributed by atoms with Crippen molar-refractivity contribution in [2.75, 3.05) is 0 Å². The van der Waals surface area contributed by atoms with Crippen molar-refractivity contribution >= 4 is 12.2 Å². The maximum absolute atomic E-state index is 5.30. The topological polar surface area (TPSA) is 46.5 Å². The molecule has 5 heteroatoms. The fraction of sp³-hybridized carbons (Fsp3) is 0.0714. The molecule has 0 atom stereocenters. The van der Waals surface area contributed by atoms with Crippen LogP contribution in [0.1, 0.15) is 5.56 Å². The number of rotatable bonds is 3. The van der Waals surface area contributed by atoms with E-state index in [1.165, 1.54) is 0 Å². The molecule has 0 fully saturated rings. The summed E-state index contributed by atoms with van der Waals surface area (Å²) in [5.74, 6) is 0.842. The summed E-state index contributed by atoms with van der Waals surface area (Å²) in [5, 5.41) is 7.16. The van der Waals surface area contributed by atoms with Crippen LogP contribution in [0.2, 0.25) is 0 Å². The van der Waals surface area contributed by atoms with E-state index >= 15 is 0 Å². The number of benzene rings is 1. The van der Waals surface area contributed by atoms with E-state index in [-0.39, 0.29) is 0 Å². The summed E-state index contributed by atoms with van der Waals surface area (Å²) in [7, 11) is 0. The third-order valence-electron chi connectivity index (χ3n) is 2.85. The second kappa shape index (κ2) is 5.16. The van der Waals surface area contributed by atoms with Gasteiger partial charge in [-0.15, -0.1) is 0 Å². The molecule has 1 N–H and O–H groups in total. The van der Waals surface area contributed by atoms with E-state index in [1.54, 1.807) is 6.20 Å². The van der Waals surface area contributed by atoms with Crippen LogP contribution in [0.3, 0.4) is 0 Å². The first kappa shape index (κ1) is 11.8. The number of aromatic amines is 1. The van der Waals surface area contributed by atoms with Gasteiger partial charge in [0.05, 0.1) is 6.54 Å².